The van der Waals surface area contributed by atoms with Crippen molar-refractivity contribution in [2.24, 2.45) is 0 Å². The van der Waals surface area contributed by atoms with Gasteiger partial charge >= 0.3 is 0 Å². The lowest BCUT2D eigenvalue weighted by Gasteiger charge is -2.20. The topological polar surface area (TPSA) is 64.3 Å². The molecule has 30 heavy (non-hydrogen) atoms. The second-order valence-electron chi connectivity index (χ2n) is 7.82. The van der Waals surface area contributed by atoms with Crippen LogP contribution in [0.5, 0.6) is 5.75 Å². The van der Waals surface area contributed by atoms with Crippen molar-refractivity contribution in [2.45, 2.75) is 39.0 Å². The highest BCUT2D eigenvalue weighted by molar-refractivity contribution is 5.68. The van der Waals surface area contributed by atoms with Crippen LogP contribution in [-0.2, 0) is 19.3 Å². The first-order valence-electron chi connectivity index (χ1n) is 10.4. The van der Waals surface area contributed by atoms with E-state index in [1.165, 1.54) is 16.7 Å². The highest BCUT2D eigenvalue weighted by Crippen LogP contribution is 2.33. The minimum atomic E-state index is 0.648. The van der Waals surface area contributed by atoms with Crippen LogP contribution in [-0.4, -0.2) is 26.7 Å². The molecule has 2 heterocycles. The molecule has 0 radical (unpaired) electrons. The fourth-order valence-corrected chi connectivity index (χ4v) is 4.05. The van der Waals surface area contributed by atoms with Gasteiger partial charge in [-0.15, -0.1) is 5.10 Å². The molecule has 1 aliphatic rings. The van der Waals surface area contributed by atoms with Gasteiger partial charge in [0.25, 0.3) is 5.78 Å². The molecular weight excluding hydrogens is 374 g/mol. The molecule has 5 rings (SSSR count). The number of ether oxygens (including phenoxy) is 1. The maximum atomic E-state index is 5.54. The number of para-hydroxylation sites is 2. The molecule has 6 nitrogen and oxygen atoms in total. The zero-order chi connectivity index (χ0) is 20.5. The summed E-state index contributed by atoms with van der Waals surface area (Å²) in [7, 11) is 1.69. The molecule has 1 aliphatic carbocycles. The van der Waals surface area contributed by atoms with E-state index >= 15 is 0 Å². The average molecular weight is 399 g/mol. The molecular formula is C24H25N5O. The van der Waals surface area contributed by atoms with Crippen molar-refractivity contribution >= 4 is 17.3 Å². The first-order chi connectivity index (χ1) is 14.7. The lowest BCUT2D eigenvalue weighted by molar-refractivity contribution is 0.417. The van der Waals surface area contributed by atoms with Gasteiger partial charge in [0.2, 0.25) is 0 Å². The first kappa shape index (κ1) is 18.6. The van der Waals surface area contributed by atoms with Gasteiger partial charge in [0.15, 0.2) is 5.82 Å². The van der Waals surface area contributed by atoms with Crippen molar-refractivity contribution < 1.29 is 4.74 Å². The highest BCUT2D eigenvalue weighted by Gasteiger charge is 2.21. The number of anilines is 2. The molecule has 0 amide bonds. The molecule has 152 valence electrons. The standard InChI is InChI=1S/C24H25N5O/c1-16-11-13-17(14-12-16)15-22-27-24-26-19-8-4-3-7-18(19)23(29(24)28-22)25-20-9-5-6-10-21(20)30-2/h5-6,9-14,25H,3-4,7-8,15H2,1-2H3. The minimum absolute atomic E-state index is 0.648. The fourth-order valence-electron chi connectivity index (χ4n) is 4.05. The molecule has 4 aromatic rings. The molecule has 0 bridgehead atoms. The predicted octanol–water partition coefficient (Wildman–Crippen LogP) is 4.65. The summed E-state index contributed by atoms with van der Waals surface area (Å²) >= 11 is 0. The third-order valence-corrected chi connectivity index (χ3v) is 5.65. The van der Waals surface area contributed by atoms with Crippen LogP contribution >= 0.6 is 0 Å². The molecule has 2 aromatic carbocycles. The van der Waals surface area contributed by atoms with E-state index in [9.17, 15) is 0 Å². The lowest BCUT2D eigenvalue weighted by atomic mass is 9.96. The summed E-state index contributed by atoms with van der Waals surface area (Å²) in [5, 5.41) is 8.40. The number of nitrogens with zero attached hydrogens (tertiary/aromatic N) is 4. The molecule has 0 atom stereocenters. The Morgan fingerprint density at radius 1 is 1.00 bits per heavy atom. The molecule has 0 spiro atoms. The summed E-state index contributed by atoms with van der Waals surface area (Å²) in [6.45, 7) is 2.09. The summed E-state index contributed by atoms with van der Waals surface area (Å²) in [4.78, 5) is 9.61. The van der Waals surface area contributed by atoms with E-state index in [1.807, 2.05) is 28.8 Å². The van der Waals surface area contributed by atoms with Crippen LogP contribution in [0.2, 0.25) is 0 Å². The second-order valence-corrected chi connectivity index (χ2v) is 7.82. The molecule has 0 aliphatic heterocycles. The first-order valence-corrected chi connectivity index (χ1v) is 10.4. The number of hydrogen-bond donors (Lipinski definition) is 1. The van der Waals surface area contributed by atoms with E-state index < -0.39 is 0 Å². The predicted molar refractivity (Wildman–Crippen MR) is 118 cm³/mol. The number of aromatic nitrogens is 4. The van der Waals surface area contributed by atoms with Crippen LogP contribution in [0.25, 0.3) is 5.78 Å². The monoisotopic (exact) mass is 399 g/mol. The summed E-state index contributed by atoms with van der Waals surface area (Å²) < 4.78 is 7.41. The fraction of sp³-hybridized carbons (Fsp3) is 0.292. The minimum Gasteiger partial charge on any atom is -0.495 e. The van der Waals surface area contributed by atoms with Crippen molar-refractivity contribution in [3.8, 4) is 5.75 Å². The Morgan fingerprint density at radius 3 is 2.63 bits per heavy atom. The molecule has 0 saturated carbocycles. The van der Waals surface area contributed by atoms with Gasteiger partial charge < -0.3 is 10.1 Å². The number of fused-ring (bicyclic) bond motifs is 2. The third kappa shape index (κ3) is 3.49. The van der Waals surface area contributed by atoms with E-state index in [1.54, 1.807) is 7.11 Å². The Morgan fingerprint density at radius 2 is 1.80 bits per heavy atom. The van der Waals surface area contributed by atoms with Crippen molar-refractivity contribution in [1.29, 1.82) is 0 Å². The highest BCUT2D eigenvalue weighted by atomic mass is 16.5. The van der Waals surface area contributed by atoms with Crippen molar-refractivity contribution in [3.05, 3.63) is 76.7 Å². The number of rotatable bonds is 5. The lowest BCUT2D eigenvalue weighted by Crippen LogP contribution is -2.14. The second kappa shape index (κ2) is 7.78. The van der Waals surface area contributed by atoms with E-state index in [0.717, 1.165) is 54.5 Å². The van der Waals surface area contributed by atoms with Crippen molar-refractivity contribution in [3.63, 3.8) is 0 Å². The molecule has 0 fully saturated rings. The molecule has 1 N–H and O–H groups in total. The smallest absolute Gasteiger partial charge is 0.254 e. The van der Waals surface area contributed by atoms with Crippen molar-refractivity contribution in [2.75, 3.05) is 12.4 Å². The van der Waals surface area contributed by atoms with Crippen LogP contribution in [0.1, 0.15) is 41.1 Å². The quantitative estimate of drug-likeness (QED) is 0.529. The van der Waals surface area contributed by atoms with Crippen molar-refractivity contribution in [1.82, 2.24) is 19.6 Å². The number of nitrogens with one attached hydrogen (secondary N) is 1. The van der Waals surface area contributed by atoms with Gasteiger partial charge in [-0.2, -0.15) is 9.50 Å². The van der Waals surface area contributed by atoms with Crippen LogP contribution in [0, 0.1) is 6.92 Å². The van der Waals surface area contributed by atoms with E-state index in [4.69, 9.17) is 19.8 Å². The summed E-state index contributed by atoms with van der Waals surface area (Å²) in [5.74, 6) is 3.17. The molecule has 0 unspecified atom stereocenters. The Labute approximate surface area is 176 Å². The number of methoxy groups -OCH3 is 1. The molecule has 2 aromatic heterocycles. The Balaban J connectivity index is 1.60. The normalized spacial score (nSPS) is 13.3. The third-order valence-electron chi connectivity index (χ3n) is 5.65. The van der Waals surface area contributed by atoms with Crippen LogP contribution < -0.4 is 10.1 Å². The van der Waals surface area contributed by atoms with Crippen LogP contribution in [0.15, 0.2) is 48.5 Å². The van der Waals surface area contributed by atoms with Gasteiger partial charge in [-0.25, -0.2) is 4.98 Å². The van der Waals surface area contributed by atoms with Crippen LogP contribution in [0.4, 0.5) is 11.5 Å². The van der Waals surface area contributed by atoms with Gasteiger partial charge in [-0.1, -0.05) is 42.0 Å². The summed E-state index contributed by atoms with van der Waals surface area (Å²) in [5.41, 5.74) is 5.71. The molecule has 0 saturated heterocycles. The van der Waals surface area contributed by atoms with Gasteiger partial charge in [-0.05, 0) is 50.3 Å². The Hall–Kier alpha value is -3.41. The maximum absolute atomic E-state index is 5.54. The van der Waals surface area contributed by atoms with Gasteiger partial charge in [0.05, 0.1) is 18.5 Å². The van der Waals surface area contributed by atoms with Gasteiger partial charge in [0.1, 0.15) is 11.6 Å². The zero-order valence-electron chi connectivity index (χ0n) is 17.4. The van der Waals surface area contributed by atoms with E-state index in [-0.39, 0.29) is 0 Å². The molecule has 6 heteroatoms. The number of hydrogen-bond acceptors (Lipinski definition) is 5. The Kier molecular flexibility index (Phi) is 4.83. The summed E-state index contributed by atoms with van der Waals surface area (Å²) in [6.07, 6.45) is 4.97. The number of benzene rings is 2. The maximum Gasteiger partial charge on any atom is 0.254 e. The zero-order valence-corrected chi connectivity index (χ0v) is 17.4. The Bertz CT molecular complexity index is 1200. The largest absolute Gasteiger partial charge is 0.495 e. The van der Waals surface area contributed by atoms with E-state index in [2.05, 4.69) is 36.5 Å². The van der Waals surface area contributed by atoms with E-state index in [0.29, 0.717) is 12.2 Å². The van der Waals surface area contributed by atoms with Gasteiger partial charge in [0, 0.05) is 12.0 Å². The van der Waals surface area contributed by atoms with Crippen LogP contribution in [0.3, 0.4) is 0 Å². The average Bonchev–Trinajstić information content (AvgIpc) is 3.17. The van der Waals surface area contributed by atoms with Gasteiger partial charge in [-0.3, -0.25) is 0 Å². The SMILES string of the molecule is COc1ccccc1Nc1c2c(nc3nc(Cc4ccc(C)cc4)nn13)CCCC2. The summed E-state index contributed by atoms with van der Waals surface area (Å²) in [6, 6.07) is 16.5. The number of aryl methyl sites for hydroxylation is 2.